The zero-order valence-corrected chi connectivity index (χ0v) is 11.8. The lowest BCUT2D eigenvalue weighted by atomic mass is 9.89. The number of likely N-dealkylation sites (tertiary alicyclic amines) is 1. The van der Waals surface area contributed by atoms with Gasteiger partial charge >= 0.3 is 0 Å². The maximum absolute atomic E-state index is 12.3. The van der Waals surface area contributed by atoms with Gasteiger partial charge in [-0.25, -0.2) is 0 Å². The fourth-order valence-corrected chi connectivity index (χ4v) is 4.13. The van der Waals surface area contributed by atoms with Gasteiger partial charge in [-0.1, -0.05) is 0 Å². The molecule has 0 saturated carbocycles. The van der Waals surface area contributed by atoms with Crippen LogP contribution in [-0.4, -0.2) is 47.2 Å². The molecule has 4 unspecified atom stereocenters. The maximum Gasteiger partial charge on any atom is 0.222 e. The summed E-state index contributed by atoms with van der Waals surface area (Å²) in [5.41, 5.74) is 0. The van der Waals surface area contributed by atoms with Crippen molar-refractivity contribution in [3.63, 3.8) is 0 Å². The Morgan fingerprint density at radius 1 is 1.32 bits per heavy atom. The van der Waals surface area contributed by atoms with E-state index in [1.165, 1.54) is 25.7 Å². The Kier molecular flexibility index (Phi) is 3.81. The van der Waals surface area contributed by atoms with E-state index in [0.29, 0.717) is 23.9 Å². The van der Waals surface area contributed by atoms with Crippen LogP contribution in [0.4, 0.5) is 0 Å². The molecule has 0 aromatic heterocycles. The average molecular weight is 266 g/mol. The van der Waals surface area contributed by atoms with Gasteiger partial charge in [0.25, 0.3) is 0 Å². The van der Waals surface area contributed by atoms with Crippen LogP contribution < -0.4 is 5.32 Å². The quantitative estimate of drug-likeness (QED) is 0.805. The predicted molar refractivity (Wildman–Crippen MR) is 73.7 cm³/mol. The molecule has 3 aliphatic heterocycles. The van der Waals surface area contributed by atoms with Crippen molar-refractivity contribution >= 4 is 5.91 Å². The molecule has 3 heterocycles. The van der Waals surface area contributed by atoms with Gasteiger partial charge in [0.15, 0.2) is 0 Å². The van der Waals surface area contributed by atoms with Gasteiger partial charge in [-0.15, -0.1) is 0 Å². The van der Waals surface area contributed by atoms with Gasteiger partial charge < -0.3 is 15.3 Å². The normalized spacial score (nSPS) is 39.6. The molecule has 0 spiro atoms. The Bertz CT molecular complexity index is 333. The van der Waals surface area contributed by atoms with Crippen LogP contribution in [0, 0.1) is 11.8 Å². The van der Waals surface area contributed by atoms with E-state index < -0.39 is 0 Å². The summed E-state index contributed by atoms with van der Waals surface area (Å²) in [5, 5.41) is 13.2. The number of fused-ring (bicyclic) bond motifs is 2. The summed E-state index contributed by atoms with van der Waals surface area (Å²) in [5.74, 6) is 1.18. The van der Waals surface area contributed by atoms with E-state index in [0.717, 1.165) is 25.9 Å². The second kappa shape index (κ2) is 5.41. The van der Waals surface area contributed by atoms with Crippen molar-refractivity contribution < 1.29 is 9.90 Å². The third kappa shape index (κ3) is 2.95. The van der Waals surface area contributed by atoms with Crippen LogP contribution in [0.5, 0.6) is 0 Å². The molecular weight excluding hydrogens is 240 g/mol. The van der Waals surface area contributed by atoms with Crippen LogP contribution in [0.3, 0.4) is 0 Å². The molecule has 4 heteroatoms. The average Bonchev–Trinajstić information content (AvgIpc) is 2.96. The number of piperidine rings is 1. The highest BCUT2D eigenvalue weighted by molar-refractivity contribution is 5.76. The molecule has 0 aliphatic carbocycles. The van der Waals surface area contributed by atoms with E-state index in [-0.39, 0.29) is 12.0 Å². The third-order valence-electron chi connectivity index (χ3n) is 5.29. The molecule has 0 aromatic carbocycles. The number of amides is 1. The van der Waals surface area contributed by atoms with Crippen molar-refractivity contribution in [2.24, 2.45) is 11.8 Å². The summed E-state index contributed by atoms with van der Waals surface area (Å²) in [6.45, 7) is 3.43. The second-order valence-corrected chi connectivity index (χ2v) is 6.81. The van der Waals surface area contributed by atoms with E-state index in [1.807, 2.05) is 11.8 Å². The standard InChI is InChI=1S/C15H26N2O2/c1-10(18)12-4-5-17(9-12)15(19)8-11-6-13-2-3-14(7-11)16-13/h10-14,16,18H,2-9H2,1H3. The van der Waals surface area contributed by atoms with Gasteiger partial charge in [0.1, 0.15) is 0 Å². The lowest BCUT2D eigenvalue weighted by Crippen LogP contribution is -2.40. The minimum absolute atomic E-state index is 0.285. The van der Waals surface area contributed by atoms with Crippen LogP contribution in [0.25, 0.3) is 0 Å². The first-order valence-electron chi connectivity index (χ1n) is 7.83. The molecule has 0 aromatic rings. The van der Waals surface area contributed by atoms with E-state index >= 15 is 0 Å². The van der Waals surface area contributed by atoms with E-state index in [4.69, 9.17) is 0 Å². The highest BCUT2D eigenvalue weighted by Crippen LogP contribution is 2.33. The second-order valence-electron chi connectivity index (χ2n) is 6.81. The lowest BCUT2D eigenvalue weighted by Gasteiger charge is -2.30. The molecule has 2 N–H and O–H groups in total. The Morgan fingerprint density at radius 3 is 2.58 bits per heavy atom. The first kappa shape index (κ1) is 13.4. The zero-order valence-electron chi connectivity index (χ0n) is 11.8. The van der Waals surface area contributed by atoms with E-state index in [1.54, 1.807) is 0 Å². The van der Waals surface area contributed by atoms with Crippen LogP contribution in [0.1, 0.15) is 45.4 Å². The minimum Gasteiger partial charge on any atom is -0.393 e. The number of nitrogens with one attached hydrogen (secondary N) is 1. The van der Waals surface area contributed by atoms with Gasteiger partial charge in [0.2, 0.25) is 5.91 Å². The first-order valence-corrected chi connectivity index (χ1v) is 7.83. The fourth-order valence-electron chi connectivity index (χ4n) is 4.13. The Balaban J connectivity index is 1.49. The van der Waals surface area contributed by atoms with Gasteiger partial charge in [0, 0.05) is 37.5 Å². The maximum atomic E-state index is 12.3. The van der Waals surface area contributed by atoms with Crippen LogP contribution >= 0.6 is 0 Å². The Morgan fingerprint density at radius 2 is 2.00 bits per heavy atom. The number of rotatable bonds is 3. The fraction of sp³-hybridized carbons (Fsp3) is 0.933. The first-order chi connectivity index (χ1) is 9.11. The monoisotopic (exact) mass is 266 g/mol. The Labute approximate surface area is 115 Å². The van der Waals surface area contributed by atoms with Crippen LogP contribution in [0.2, 0.25) is 0 Å². The van der Waals surface area contributed by atoms with Gasteiger partial charge in [-0.2, -0.15) is 0 Å². The third-order valence-corrected chi connectivity index (χ3v) is 5.29. The smallest absolute Gasteiger partial charge is 0.222 e. The largest absolute Gasteiger partial charge is 0.393 e. The lowest BCUT2D eigenvalue weighted by molar-refractivity contribution is -0.131. The molecule has 2 bridgehead atoms. The molecule has 3 fully saturated rings. The van der Waals surface area contributed by atoms with E-state index in [9.17, 15) is 9.90 Å². The van der Waals surface area contributed by atoms with Gasteiger partial charge in [0.05, 0.1) is 6.10 Å². The highest BCUT2D eigenvalue weighted by atomic mass is 16.3. The predicted octanol–water partition coefficient (Wildman–Crippen LogP) is 1.14. The van der Waals surface area contributed by atoms with Crippen molar-refractivity contribution in [2.75, 3.05) is 13.1 Å². The molecule has 19 heavy (non-hydrogen) atoms. The molecule has 108 valence electrons. The molecule has 4 atom stereocenters. The van der Waals surface area contributed by atoms with Crippen LogP contribution in [-0.2, 0) is 4.79 Å². The molecule has 3 saturated heterocycles. The number of aliphatic hydroxyl groups is 1. The molecule has 1 amide bonds. The topological polar surface area (TPSA) is 52.6 Å². The number of aliphatic hydroxyl groups excluding tert-OH is 1. The molecule has 3 aliphatic rings. The summed E-state index contributed by atoms with van der Waals surface area (Å²) >= 11 is 0. The number of nitrogens with zero attached hydrogens (tertiary/aromatic N) is 1. The Hall–Kier alpha value is -0.610. The van der Waals surface area contributed by atoms with Crippen molar-refractivity contribution in [3.8, 4) is 0 Å². The summed E-state index contributed by atoms with van der Waals surface area (Å²) in [6.07, 6.45) is 6.34. The van der Waals surface area contributed by atoms with E-state index in [2.05, 4.69) is 5.32 Å². The summed E-state index contributed by atoms with van der Waals surface area (Å²) in [7, 11) is 0. The van der Waals surface area contributed by atoms with Crippen molar-refractivity contribution in [3.05, 3.63) is 0 Å². The van der Waals surface area contributed by atoms with Crippen molar-refractivity contribution in [1.82, 2.24) is 10.2 Å². The van der Waals surface area contributed by atoms with Gasteiger partial charge in [-0.3, -0.25) is 4.79 Å². The number of hydrogen-bond donors (Lipinski definition) is 2. The van der Waals surface area contributed by atoms with Gasteiger partial charge in [-0.05, 0) is 44.9 Å². The summed E-state index contributed by atoms with van der Waals surface area (Å²) in [4.78, 5) is 14.3. The number of carbonyl (C=O) groups is 1. The summed E-state index contributed by atoms with van der Waals surface area (Å²) in [6, 6.07) is 1.33. The minimum atomic E-state index is -0.285. The van der Waals surface area contributed by atoms with Crippen molar-refractivity contribution in [2.45, 2.75) is 63.6 Å². The number of hydrogen-bond acceptors (Lipinski definition) is 3. The highest BCUT2D eigenvalue weighted by Gasteiger charge is 2.36. The molecule has 4 nitrogen and oxygen atoms in total. The SMILES string of the molecule is CC(O)C1CCN(C(=O)CC2CC3CCC(C2)N3)C1. The zero-order chi connectivity index (χ0) is 13.4. The molecular formula is C15H26N2O2. The molecule has 3 rings (SSSR count). The van der Waals surface area contributed by atoms with Crippen molar-refractivity contribution in [1.29, 1.82) is 0 Å². The summed E-state index contributed by atoms with van der Waals surface area (Å²) < 4.78 is 0. The molecule has 0 radical (unpaired) electrons. The van der Waals surface area contributed by atoms with Crippen LogP contribution in [0.15, 0.2) is 0 Å². The number of carbonyl (C=O) groups excluding carboxylic acids is 1.